The van der Waals surface area contributed by atoms with Crippen LogP contribution in [-0.2, 0) is 6.42 Å². The Hall–Kier alpha value is -1.87. The Bertz CT molecular complexity index is 598. The van der Waals surface area contributed by atoms with E-state index in [2.05, 4.69) is 37.4 Å². The molecule has 0 aromatic heterocycles. The van der Waals surface area contributed by atoms with Gasteiger partial charge in [0.05, 0.1) is 7.11 Å². The summed E-state index contributed by atoms with van der Waals surface area (Å²) in [5.74, 6) is -0.0347. The van der Waals surface area contributed by atoms with Gasteiger partial charge in [-0.1, -0.05) is 37.3 Å². The molecule has 112 valence electrons. The fourth-order valence-electron chi connectivity index (χ4n) is 2.51. The van der Waals surface area contributed by atoms with Crippen molar-refractivity contribution in [1.82, 2.24) is 5.32 Å². The molecule has 1 unspecified atom stereocenters. The van der Waals surface area contributed by atoms with E-state index in [1.54, 1.807) is 6.07 Å². The van der Waals surface area contributed by atoms with Crippen LogP contribution in [0.2, 0.25) is 0 Å². The summed E-state index contributed by atoms with van der Waals surface area (Å²) in [5.41, 5.74) is 3.61. The van der Waals surface area contributed by atoms with Gasteiger partial charge in [0.2, 0.25) is 0 Å². The van der Waals surface area contributed by atoms with Crippen LogP contribution in [0.4, 0.5) is 4.39 Å². The summed E-state index contributed by atoms with van der Waals surface area (Å²) in [7, 11) is 1.49. The molecular formula is C18H22FNO. The molecule has 0 aliphatic rings. The molecular weight excluding hydrogens is 265 g/mol. The van der Waals surface area contributed by atoms with Crippen molar-refractivity contribution < 1.29 is 9.13 Å². The first-order valence-corrected chi connectivity index (χ1v) is 7.27. The van der Waals surface area contributed by atoms with Gasteiger partial charge >= 0.3 is 0 Å². The predicted octanol–water partition coefficient (Wildman–Crippen LogP) is 4.04. The zero-order valence-corrected chi connectivity index (χ0v) is 12.8. The van der Waals surface area contributed by atoms with Crippen molar-refractivity contribution in [3.8, 4) is 5.75 Å². The van der Waals surface area contributed by atoms with Gasteiger partial charge in [-0.25, -0.2) is 4.39 Å². The molecule has 2 rings (SSSR count). The highest BCUT2D eigenvalue weighted by Crippen LogP contribution is 2.25. The van der Waals surface area contributed by atoms with Crippen LogP contribution >= 0.6 is 0 Å². The second kappa shape index (κ2) is 7.23. The fraction of sp³-hybridized carbons (Fsp3) is 0.333. The lowest BCUT2D eigenvalue weighted by Crippen LogP contribution is -2.23. The molecule has 1 N–H and O–H groups in total. The van der Waals surface area contributed by atoms with Gasteiger partial charge in [-0.3, -0.25) is 0 Å². The number of hydrogen-bond acceptors (Lipinski definition) is 2. The molecule has 2 aromatic carbocycles. The van der Waals surface area contributed by atoms with E-state index in [1.807, 2.05) is 12.1 Å². The SMILES string of the molecule is CCNC(Cc1ccccc1C)c1ccc(F)c(OC)c1. The van der Waals surface area contributed by atoms with Crippen LogP contribution in [-0.4, -0.2) is 13.7 Å². The number of aryl methyl sites for hydroxylation is 1. The maximum Gasteiger partial charge on any atom is 0.165 e. The van der Waals surface area contributed by atoms with E-state index in [0.29, 0.717) is 5.75 Å². The third-order valence-electron chi connectivity index (χ3n) is 3.71. The lowest BCUT2D eigenvalue weighted by Gasteiger charge is -2.20. The van der Waals surface area contributed by atoms with Crippen molar-refractivity contribution in [1.29, 1.82) is 0 Å². The highest BCUT2D eigenvalue weighted by molar-refractivity contribution is 5.34. The van der Waals surface area contributed by atoms with Gasteiger partial charge in [-0.2, -0.15) is 0 Å². The summed E-state index contributed by atoms with van der Waals surface area (Å²) >= 11 is 0. The van der Waals surface area contributed by atoms with E-state index in [4.69, 9.17) is 4.74 Å². The quantitative estimate of drug-likeness (QED) is 0.866. The smallest absolute Gasteiger partial charge is 0.165 e. The standard InChI is InChI=1S/C18H22FNO/c1-4-20-17(11-14-8-6-5-7-13(14)2)15-9-10-16(19)18(12-15)21-3/h5-10,12,17,20H,4,11H2,1-3H3. The maximum absolute atomic E-state index is 13.6. The summed E-state index contributed by atoms with van der Waals surface area (Å²) < 4.78 is 18.6. The average Bonchev–Trinajstić information content (AvgIpc) is 2.49. The van der Waals surface area contributed by atoms with Gasteiger partial charge < -0.3 is 10.1 Å². The average molecular weight is 287 g/mol. The molecule has 0 amide bonds. The van der Waals surface area contributed by atoms with Crippen molar-refractivity contribution in [2.75, 3.05) is 13.7 Å². The normalized spacial score (nSPS) is 12.2. The van der Waals surface area contributed by atoms with Gasteiger partial charge in [-0.05, 0) is 48.7 Å². The highest BCUT2D eigenvalue weighted by Gasteiger charge is 2.14. The Labute approximate surface area is 126 Å². The van der Waals surface area contributed by atoms with Crippen LogP contribution < -0.4 is 10.1 Å². The Morgan fingerprint density at radius 1 is 1.19 bits per heavy atom. The number of rotatable bonds is 6. The van der Waals surface area contributed by atoms with E-state index in [-0.39, 0.29) is 11.9 Å². The molecule has 0 spiro atoms. The minimum atomic E-state index is -0.326. The molecule has 0 aliphatic carbocycles. The second-order valence-electron chi connectivity index (χ2n) is 5.13. The molecule has 0 heterocycles. The van der Waals surface area contributed by atoms with Crippen molar-refractivity contribution in [3.63, 3.8) is 0 Å². The van der Waals surface area contributed by atoms with Crippen molar-refractivity contribution in [2.24, 2.45) is 0 Å². The van der Waals surface area contributed by atoms with Gasteiger partial charge in [0.25, 0.3) is 0 Å². The monoisotopic (exact) mass is 287 g/mol. The molecule has 0 radical (unpaired) electrons. The number of benzene rings is 2. The topological polar surface area (TPSA) is 21.3 Å². The number of methoxy groups -OCH3 is 1. The number of ether oxygens (including phenoxy) is 1. The summed E-state index contributed by atoms with van der Waals surface area (Å²) in [6.07, 6.45) is 0.870. The molecule has 0 aliphatic heterocycles. The number of nitrogens with one attached hydrogen (secondary N) is 1. The first-order chi connectivity index (χ1) is 10.2. The molecule has 0 saturated carbocycles. The van der Waals surface area contributed by atoms with Crippen molar-refractivity contribution >= 4 is 0 Å². The molecule has 1 atom stereocenters. The second-order valence-corrected chi connectivity index (χ2v) is 5.13. The number of likely N-dealkylation sites (N-methyl/N-ethyl adjacent to an activating group) is 1. The van der Waals surface area contributed by atoms with E-state index >= 15 is 0 Å². The molecule has 2 nitrogen and oxygen atoms in total. The largest absolute Gasteiger partial charge is 0.494 e. The maximum atomic E-state index is 13.6. The molecule has 3 heteroatoms. The van der Waals surface area contributed by atoms with E-state index in [1.165, 1.54) is 24.3 Å². The summed E-state index contributed by atoms with van der Waals surface area (Å²) in [6.45, 7) is 5.05. The van der Waals surface area contributed by atoms with Crippen LogP contribution in [0.25, 0.3) is 0 Å². The van der Waals surface area contributed by atoms with Gasteiger partial charge in [0.1, 0.15) is 0 Å². The molecule has 0 bridgehead atoms. The summed E-state index contributed by atoms with van der Waals surface area (Å²) in [4.78, 5) is 0. The molecule has 0 saturated heterocycles. The molecule has 21 heavy (non-hydrogen) atoms. The number of halogens is 1. The zero-order chi connectivity index (χ0) is 15.2. The Morgan fingerprint density at radius 3 is 2.62 bits per heavy atom. The fourth-order valence-corrected chi connectivity index (χ4v) is 2.51. The third-order valence-corrected chi connectivity index (χ3v) is 3.71. The molecule has 0 fully saturated rings. The zero-order valence-electron chi connectivity index (χ0n) is 12.8. The lowest BCUT2D eigenvalue weighted by molar-refractivity contribution is 0.384. The lowest BCUT2D eigenvalue weighted by atomic mass is 9.96. The van der Waals surface area contributed by atoms with Crippen LogP contribution in [0, 0.1) is 12.7 Å². The van der Waals surface area contributed by atoms with Crippen molar-refractivity contribution in [2.45, 2.75) is 26.3 Å². The highest BCUT2D eigenvalue weighted by atomic mass is 19.1. The van der Waals surface area contributed by atoms with E-state index in [9.17, 15) is 4.39 Å². The van der Waals surface area contributed by atoms with Crippen molar-refractivity contribution in [3.05, 3.63) is 65.0 Å². The van der Waals surface area contributed by atoms with E-state index < -0.39 is 0 Å². The Balaban J connectivity index is 2.28. The molecule has 2 aromatic rings. The Kier molecular flexibility index (Phi) is 5.34. The summed E-state index contributed by atoms with van der Waals surface area (Å²) in [6, 6.07) is 13.6. The van der Waals surface area contributed by atoms with Crippen LogP contribution in [0.15, 0.2) is 42.5 Å². The third kappa shape index (κ3) is 3.82. The van der Waals surface area contributed by atoms with Gasteiger partial charge in [0.15, 0.2) is 11.6 Å². The van der Waals surface area contributed by atoms with Crippen LogP contribution in [0.1, 0.15) is 29.7 Å². The Morgan fingerprint density at radius 2 is 1.95 bits per heavy atom. The van der Waals surface area contributed by atoms with Gasteiger partial charge in [0, 0.05) is 6.04 Å². The van der Waals surface area contributed by atoms with Gasteiger partial charge in [-0.15, -0.1) is 0 Å². The number of hydrogen-bond donors (Lipinski definition) is 1. The van der Waals surface area contributed by atoms with Crippen LogP contribution in [0.3, 0.4) is 0 Å². The minimum absolute atomic E-state index is 0.144. The predicted molar refractivity (Wildman–Crippen MR) is 84.3 cm³/mol. The first kappa shape index (κ1) is 15.5. The first-order valence-electron chi connectivity index (χ1n) is 7.27. The van der Waals surface area contributed by atoms with Crippen LogP contribution in [0.5, 0.6) is 5.75 Å². The minimum Gasteiger partial charge on any atom is -0.494 e. The van der Waals surface area contributed by atoms with E-state index in [0.717, 1.165) is 18.5 Å². The summed E-state index contributed by atoms with van der Waals surface area (Å²) in [5, 5.41) is 3.47.